The minimum absolute atomic E-state index is 0.0186. The molecular weight excluding hydrogens is 369 g/mol. The maximum absolute atomic E-state index is 12.6. The Balaban J connectivity index is 1.66. The molecule has 0 radical (unpaired) electrons. The molecule has 0 aliphatic carbocycles. The van der Waals surface area contributed by atoms with Gasteiger partial charge in [-0.05, 0) is 46.6 Å². The van der Waals surface area contributed by atoms with Gasteiger partial charge in [0, 0.05) is 30.9 Å². The van der Waals surface area contributed by atoms with Gasteiger partial charge in [0.1, 0.15) is 0 Å². The summed E-state index contributed by atoms with van der Waals surface area (Å²) in [7, 11) is -4.18. The number of sulfone groups is 1. The number of nitrogens with zero attached hydrogens (tertiary/aromatic N) is 3. The minimum Gasteiger partial charge on any atom is -0.399 e. The summed E-state index contributed by atoms with van der Waals surface area (Å²) in [5.41, 5.74) is -0.362. The number of rotatable bonds is 6. The molecule has 10 heteroatoms. The van der Waals surface area contributed by atoms with Crippen molar-refractivity contribution in [2.75, 3.05) is 32.0 Å². The summed E-state index contributed by atoms with van der Waals surface area (Å²) in [4.78, 5) is 10.2. The Morgan fingerprint density at radius 1 is 1.22 bits per heavy atom. The molecule has 1 aromatic rings. The zero-order valence-electron chi connectivity index (χ0n) is 16.4. The van der Waals surface area contributed by atoms with E-state index < -0.39 is 28.2 Å². The first-order chi connectivity index (χ1) is 12.5. The Morgan fingerprint density at radius 2 is 1.81 bits per heavy atom. The molecule has 3 heterocycles. The largest absolute Gasteiger partial charge is 0.498 e. The number of β-amino-alcohol motifs (C(OH)–C–C–N with tert-alkyl or cyclic N) is 1. The van der Waals surface area contributed by atoms with E-state index in [9.17, 15) is 8.42 Å². The van der Waals surface area contributed by atoms with Crippen molar-refractivity contribution in [3.63, 3.8) is 0 Å². The van der Waals surface area contributed by atoms with Gasteiger partial charge in [-0.3, -0.25) is 0 Å². The lowest BCUT2D eigenvalue weighted by Gasteiger charge is -2.32. The molecule has 1 atom stereocenters. The summed E-state index contributed by atoms with van der Waals surface area (Å²) in [5, 5.41) is 8.84. The van der Waals surface area contributed by atoms with Crippen molar-refractivity contribution in [2.24, 2.45) is 5.92 Å². The van der Waals surface area contributed by atoms with Crippen LogP contribution in [0.3, 0.4) is 0 Å². The Bertz CT molecular complexity index is 753. The van der Waals surface area contributed by atoms with E-state index in [4.69, 9.17) is 14.4 Å². The number of aliphatic hydroxyl groups is 1. The van der Waals surface area contributed by atoms with Gasteiger partial charge in [-0.1, -0.05) is 0 Å². The molecule has 2 aliphatic heterocycles. The zero-order valence-corrected chi connectivity index (χ0v) is 17.2. The zero-order chi connectivity index (χ0) is 19.9. The predicted octanol–water partition coefficient (Wildman–Crippen LogP) is -0.136. The standard InChI is InChI=1S/C17H28BN3O5S/c1-16(2)17(3,4)26-18(25-16)14-9-19-15(20-10-14)27(23,24)12-13-5-6-21(11-13)7-8-22/h9-10,13,22H,5-8,11-12H2,1-4H3. The van der Waals surface area contributed by atoms with Crippen molar-refractivity contribution in [3.8, 4) is 0 Å². The highest BCUT2D eigenvalue weighted by atomic mass is 32.2. The molecule has 3 rings (SSSR count). The Morgan fingerprint density at radius 3 is 2.37 bits per heavy atom. The van der Waals surface area contributed by atoms with E-state index in [1.807, 2.05) is 27.7 Å². The van der Waals surface area contributed by atoms with Crippen LogP contribution in [0.25, 0.3) is 0 Å². The van der Waals surface area contributed by atoms with Gasteiger partial charge < -0.3 is 19.3 Å². The lowest BCUT2D eigenvalue weighted by Crippen LogP contribution is -2.41. The topological polar surface area (TPSA) is 102 Å². The van der Waals surface area contributed by atoms with Crippen molar-refractivity contribution in [1.82, 2.24) is 14.9 Å². The minimum atomic E-state index is -3.56. The molecule has 0 aromatic carbocycles. The van der Waals surface area contributed by atoms with Gasteiger partial charge in [0.25, 0.3) is 0 Å². The van der Waals surface area contributed by atoms with Crippen molar-refractivity contribution < 1.29 is 22.8 Å². The van der Waals surface area contributed by atoms with Crippen molar-refractivity contribution in [3.05, 3.63) is 12.4 Å². The van der Waals surface area contributed by atoms with Crippen molar-refractivity contribution in [2.45, 2.75) is 50.5 Å². The van der Waals surface area contributed by atoms with E-state index in [1.54, 1.807) is 0 Å². The van der Waals surface area contributed by atoms with E-state index in [-0.39, 0.29) is 23.4 Å². The maximum atomic E-state index is 12.6. The Hall–Kier alpha value is -1.07. The molecule has 2 saturated heterocycles. The van der Waals surface area contributed by atoms with Gasteiger partial charge >= 0.3 is 7.12 Å². The third-order valence-corrected chi connectivity index (χ3v) is 7.37. The second-order valence-electron chi connectivity index (χ2n) is 8.35. The second kappa shape index (κ2) is 7.40. The quantitative estimate of drug-likeness (QED) is 0.523. The van der Waals surface area contributed by atoms with Crippen molar-refractivity contribution >= 4 is 22.4 Å². The molecule has 1 unspecified atom stereocenters. The first-order valence-corrected chi connectivity index (χ1v) is 10.9. The third kappa shape index (κ3) is 4.35. The van der Waals surface area contributed by atoms with Gasteiger partial charge in [0.2, 0.25) is 15.0 Å². The van der Waals surface area contributed by atoms with Crippen molar-refractivity contribution in [1.29, 1.82) is 0 Å². The summed E-state index contributed by atoms with van der Waals surface area (Å²) in [6.07, 6.45) is 3.73. The van der Waals surface area contributed by atoms with E-state index in [2.05, 4.69) is 14.9 Å². The second-order valence-corrected chi connectivity index (χ2v) is 10.3. The molecule has 2 fully saturated rings. The molecule has 1 N–H and O–H groups in total. The van der Waals surface area contributed by atoms with Crippen LogP contribution < -0.4 is 5.46 Å². The first kappa shape index (κ1) is 20.7. The first-order valence-electron chi connectivity index (χ1n) is 9.28. The van der Waals surface area contributed by atoms with Crippen LogP contribution in [0.15, 0.2) is 17.6 Å². The monoisotopic (exact) mass is 397 g/mol. The van der Waals surface area contributed by atoms with E-state index in [1.165, 1.54) is 12.4 Å². The summed E-state index contributed by atoms with van der Waals surface area (Å²) in [6, 6.07) is 0. The smallest absolute Gasteiger partial charge is 0.399 e. The summed E-state index contributed by atoms with van der Waals surface area (Å²) < 4.78 is 37.2. The van der Waals surface area contributed by atoms with Crippen LogP contribution in [0.1, 0.15) is 34.1 Å². The number of aromatic nitrogens is 2. The fourth-order valence-electron chi connectivity index (χ4n) is 3.37. The Labute approximate surface area is 161 Å². The van der Waals surface area contributed by atoms with E-state index >= 15 is 0 Å². The van der Waals surface area contributed by atoms with Gasteiger partial charge in [-0.2, -0.15) is 0 Å². The van der Waals surface area contributed by atoms with Gasteiger partial charge in [-0.15, -0.1) is 0 Å². The normalized spacial score (nSPS) is 25.2. The average molecular weight is 397 g/mol. The number of aliphatic hydroxyl groups excluding tert-OH is 1. The van der Waals surface area contributed by atoms with Crippen LogP contribution in [-0.4, -0.2) is 78.7 Å². The molecule has 0 saturated carbocycles. The number of likely N-dealkylation sites (tertiary alicyclic amines) is 1. The lowest BCUT2D eigenvalue weighted by molar-refractivity contribution is 0.00578. The van der Waals surface area contributed by atoms with Crippen LogP contribution in [0.4, 0.5) is 0 Å². The fraction of sp³-hybridized carbons (Fsp3) is 0.765. The molecule has 0 spiro atoms. The maximum Gasteiger partial charge on any atom is 0.498 e. The van der Waals surface area contributed by atoms with Crippen LogP contribution in [0, 0.1) is 5.92 Å². The Kier molecular flexibility index (Phi) is 5.66. The molecular formula is C17H28BN3O5S. The molecule has 1 aromatic heterocycles. The van der Waals surface area contributed by atoms with E-state index in [0.717, 1.165) is 13.0 Å². The van der Waals surface area contributed by atoms with E-state index in [0.29, 0.717) is 18.6 Å². The van der Waals surface area contributed by atoms with Gasteiger partial charge in [0.15, 0.2) is 0 Å². The summed E-state index contributed by atoms with van der Waals surface area (Å²) in [6.45, 7) is 9.96. The van der Waals surface area contributed by atoms with Crippen LogP contribution in [0.2, 0.25) is 0 Å². The summed E-state index contributed by atoms with van der Waals surface area (Å²) >= 11 is 0. The van der Waals surface area contributed by atoms with Crippen LogP contribution >= 0.6 is 0 Å². The molecule has 0 bridgehead atoms. The third-order valence-electron chi connectivity index (χ3n) is 5.69. The summed E-state index contributed by atoms with van der Waals surface area (Å²) in [5.74, 6) is 0.0537. The lowest BCUT2D eigenvalue weighted by atomic mass is 9.81. The molecule has 27 heavy (non-hydrogen) atoms. The molecule has 2 aliphatic rings. The van der Waals surface area contributed by atoms with Crippen LogP contribution in [-0.2, 0) is 19.1 Å². The number of hydrogen-bond donors (Lipinski definition) is 1. The fourth-order valence-corrected chi connectivity index (χ4v) is 4.83. The van der Waals surface area contributed by atoms with Crippen LogP contribution in [0.5, 0.6) is 0 Å². The average Bonchev–Trinajstić information content (AvgIpc) is 3.09. The molecule has 150 valence electrons. The highest BCUT2D eigenvalue weighted by molar-refractivity contribution is 7.91. The number of hydrogen-bond acceptors (Lipinski definition) is 8. The van der Waals surface area contributed by atoms with Gasteiger partial charge in [-0.25, -0.2) is 18.4 Å². The predicted molar refractivity (Wildman–Crippen MR) is 101 cm³/mol. The highest BCUT2D eigenvalue weighted by Crippen LogP contribution is 2.36. The van der Waals surface area contributed by atoms with Gasteiger partial charge in [0.05, 0.1) is 23.6 Å². The highest BCUT2D eigenvalue weighted by Gasteiger charge is 2.52. The molecule has 0 amide bonds. The molecule has 8 nitrogen and oxygen atoms in total. The SMILES string of the molecule is CC1(C)OB(c2cnc(S(=O)(=O)CC3CCN(CCO)C3)nc2)OC1(C)C.